The summed E-state index contributed by atoms with van der Waals surface area (Å²) >= 11 is 5.78. The van der Waals surface area contributed by atoms with Gasteiger partial charge >= 0.3 is 0 Å². The van der Waals surface area contributed by atoms with Crippen LogP contribution in [0.3, 0.4) is 0 Å². The molecule has 148 valence electrons. The summed E-state index contributed by atoms with van der Waals surface area (Å²) in [5.74, 6) is -0.515. The maximum absolute atomic E-state index is 12.3. The molecule has 1 saturated heterocycles. The molecular weight excluding hydrogens is 382 g/mol. The third-order valence-corrected chi connectivity index (χ3v) is 5.08. The van der Waals surface area contributed by atoms with E-state index in [0.717, 1.165) is 38.0 Å². The summed E-state index contributed by atoms with van der Waals surface area (Å²) in [7, 11) is 0. The summed E-state index contributed by atoms with van der Waals surface area (Å²) in [6.07, 6.45) is 1.43. The van der Waals surface area contributed by atoms with Gasteiger partial charge in [-0.2, -0.15) is 0 Å². The van der Waals surface area contributed by atoms with Crippen LogP contribution in [-0.4, -0.2) is 40.0 Å². The third kappa shape index (κ3) is 5.28. The van der Waals surface area contributed by atoms with Crippen LogP contribution in [0.1, 0.15) is 34.3 Å². The molecule has 8 heteroatoms. The summed E-state index contributed by atoms with van der Waals surface area (Å²) in [6.45, 7) is 2.88. The van der Waals surface area contributed by atoms with Crippen molar-refractivity contribution in [1.82, 2.24) is 10.2 Å². The zero-order chi connectivity index (χ0) is 20.1. The number of benzene rings is 2. The van der Waals surface area contributed by atoms with Crippen molar-refractivity contribution in [1.29, 1.82) is 0 Å². The number of piperidine rings is 1. The highest BCUT2D eigenvalue weighted by molar-refractivity contribution is 6.31. The monoisotopic (exact) mass is 403 g/mol. The highest BCUT2D eigenvalue weighted by Crippen LogP contribution is 2.23. The number of nitrogens with one attached hydrogen (secondary N) is 1. The second kappa shape index (κ2) is 9.14. The standard InChI is InChI=1S/C20H22ClN3O4/c21-16-5-6-18(19(11-16)24(27)28)20(26)22-12-14-1-3-15(4-2-14)13-23-9-7-17(25)8-10-23/h1-6,11,17,25H,7-10,12-13H2,(H,22,26). The number of hydrogen-bond donors (Lipinski definition) is 2. The number of halogens is 1. The summed E-state index contributed by atoms with van der Waals surface area (Å²) in [5, 5.41) is 23.6. The lowest BCUT2D eigenvalue weighted by molar-refractivity contribution is -0.385. The van der Waals surface area contributed by atoms with Crippen LogP contribution in [0.25, 0.3) is 0 Å². The van der Waals surface area contributed by atoms with Crippen LogP contribution in [0, 0.1) is 10.1 Å². The second-order valence-electron chi connectivity index (χ2n) is 6.93. The van der Waals surface area contributed by atoms with Gasteiger partial charge < -0.3 is 10.4 Å². The van der Waals surface area contributed by atoms with Gasteiger partial charge in [0.25, 0.3) is 11.6 Å². The van der Waals surface area contributed by atoms with E-state index in [2.05, 4.69) is 10.2 Å². The molecule has 1 fully saturated rings. The van der Waals surface area contributed by atoms with E-state index in [0.29, 0.717) is 0 Å². The van der Waals surface area contributed by atoms with Crippen molar-refractivity contribution in [2.24, 2.45) is 0 Å². The SMILES string of the molecule is O=C(NCc1ccc(CN2CCC(O)CC2)cc1)c1ccc(Cl)cc1[N+](=O)[O-]. The molecule has 0 bridgehead atoms. The first kappa shape index (κ1) is 20.3. The van der Waals surface area contributed by atoms with Crippen molar-refractivity contribution in [2.45, 2.75) is 32.0 Å². The molecule has 1 aliphatic heterocycles. The smallest absolute Gasteiger partial charge is 0.283 e. The Labute approximate surface area is 168 Å². The molecule has 1 heterocycles. The average molecular weight is 404 g/mol. The molecule has 2 N–H and O–H groups in total. The molecule has 0 radical (unpaired) electrons. The van der Waals surface area contributed by atoms with Gasteiger partial charge in [0.05, 0.1) is 11.0 Å². The number of hydrogen-bond acceptors (Lipinski definition) is 5. The first-order valence-corrected chi connectivity index (χ1v) is 9.50. The van der Waals surface area contributed by atoms with Crippen molar-refractivity contribution < 1.29 is 14.8 Å². The van der Waals surface area contributed by atoms with E-state index in [4.69, 9.17) is 11.6 Å². The van der Waals surface area contributed by atoms with Crippen LogP contribution in [0.4, 0.5) is 5.69 Å². The molecule has 0 atom stereocenters. The Balaban J connectivity index is 1.56. The van der Waals surface area contributed by atoms with Gasteiger partial charge in [0.1, 0.15) is 5.56 Å². The second-order valence-corrected chi connectivity index (χ2v) is 7.36. The molecule has 1 amide bonds. The Hall–Kier alpha value is -2.48. The minimum absolute atomic E-state index is 0.0155. The Morgan fingerprint density at radius 2 is 1.82 bits per heavy atom. The number of aliphatic hydroxyl groups excluding tert-OH is 1. The zero-order valence-corrected chi connectivity index (χ0v) is 16.1. The van der Waals surface area contributed by atoms with Crippen molar-refractivity contribution in [3.05, 3.63) is 74.3 Å². The van der Waals surface area contributed by atoms with E-state index in [1.807, 2.05) is 24.3 Å². The van der Waals surface area contributed by atoms with E-state index < -0.39 is 10.8 Å². The number of aliphatic hydroxyl groups is 1. The molecule has 0 aromatic heterocycles. The fourth-order valence-electron chi connectivity index (χ4n) is 3.22. The van der Waals surface area contributed by atoms with Gasteiger partial charge in [-0.1, -0.05) is 35.9 Å². The lowest BCUT2D eigenvalue weighted by Gasteiger charge is -2.29. The quantitative estimate of drug-likeness (QED) is 0.570. The van der Waals surface area contributed by atoms with Gasteiger partial charge in [-0.15, -0.1) is 0 Å². The van der Waals surface area contributed by atoms with Crippen LogP contribution < -0.4 is 5.32 Å². The molecule has 7 nitrogen and oxygen atoms in total. The first-order valence-electron chi connectivity index (χ1n) is 9.13. The molecule has 1 aliphatic rings. The molecule has 2 aromatic rings. The van der Waals surface area contributed by atoms with Crippen LogP contribution in [0.2, 0.25) is 5.02 Å². The van der Waals surface area contributed by atoms with Gasteiger partial charge in [-0.3, -0.25) is 19.8 Å². The van der Waals surface area contributed by atoms with E-state index in [9.17, 15) is 20.0 Å². The van der Waals surface area contributed by atoms with Gasteiger partial charge in [0, 0.05) is 37.3 Å². The van der Waals surface area contributed by atoms with Crippen molar-refractivity contribution >= 4 is 23.2 Å². The zero-order valence-electron chi connectivity index (χ0n) is 15.3. The fraction of sp³-hybridized carbons (Fsp3) is 0.350. The van der Waals surface area contributed by atoms with Crippen LogP contribution in [0.15, 0.2) is 42.5 Å². The average Bonchev–Trinajstić information content (AvgIpc) is 2.69. The fourth-order valence-corrected chi connectivity index (χ4v) is 3.39. The molecule has 0 spiro atoms. The van der Waals surface area contributed by atoms with Crippen LogP contribution in [0.5, 0.6) is 0 Å². The van der Waals surface area contributed by atoms with Gasteiger partial charge in [0.15, 0.2) is 0 Å². The molecule has 3 rings (SSSR count). The maximum atomic E-state index is 12.3. The predicted molar refractivity (Wildman–Crippen MR) is 106 cm³/mol. The first-order chi connectivity index (χ1) is 13.4. The summed E-state index contributed by atoms with van der Waals surface area (Å²) < 4.78 is 0. The highest BCUT2D eigenvalue weighted by atomic mass is 35.5. The number of nitro groups is 1. The van der Waals surface area contributed by atoms with E-state index in [1.54, 1.807) is 0 Å². The van der Waals surface area contributed by atoms with E-state index in [1.165, 1.54) is 23.8 Å². The number of carbonyl (C=O) groups is 1. The predicted octanol–water partition coefficient (Wildman–Crippen LogP) is 3.13. The minimum Gasteiger partial charge on any atom is -0.393 e. The lowest BCUT2D eigenvalue weighted by Crippen LogP contribution is -2.35. The van der Waals surface area contributed by atoms with Gasteiger partial charge in [0.2, 0.25) is 0 Å². The Bertz CT molecular complexity index is 849. The van der Waals surface area contributed by atoms with Gasteiger partial charge in [-0.05, 0) is 36.1 Å². The molecular formula is C20H22ClN3O4. The Morgan fingerprint density at radius 3 is 2.46 bits per heavy atom. The maximum Gasteiger partial charge on any atom is 0.283 e. The Morgan fingerprint density at radius 1 is 1.18 bits per heavy atom. The number of carbonyl (C=O) groups excluding carboxylic acids is 1. The number of amides is 1. The van der Waals surface area contributed by atoms with Crippen molar-refractivity contribution in [3.8, 4) is 0 Å². The van der Waals surface area contributed by atoms with Crippen LogP contribution in [-0.2, 0) is 13.1 Å². The van der Waals surface area contributed by atoms with Crippen molar-refractivity contribution in [2.75, 3.05) is 13.1 Å². The van der Waals surface area contributed by atoms with E-state index in [-0.39, 0.29) is 28.9 Å². The number of nitro benzene ring substituents is 1. The van der Waals surface area contributed by atoms with Crippen molar-refractivity contribution in [3.63, 3.8) is 0 Å². The summed E-state index contributed by atoms with van der Waals surface area (Å²) in [6, 6.07) is 11.9. The summed E-state index contributed by atoms with van der Waals surface area (Å²) in [5.41, 5.74) is 1.74. The Kier molecular flexibility index (Phi) is 6.61. The van der Waals surface area contributed by atoms with Gasteiger partial charge in [-0.25, -0.2) is 0 Å². The van der Waals surface area contributed by atoms with Crippen LogP contribution >= 0.6 is 11.6 Å². The summed E-state index contributed by atoms with van der Waals surface area (Å²) in [4.78, 5) is 25.1. The molecule has 0 saturated carbocycles. The third-order valence-electron chi connectivity index (χ3n) is 4.84. The largest absolute Gasteiger partial charge is 0.393 e. The number of nitrogens with zero attached hydrogens (tertiary/aromatic N) is 2. The number of rotatable bonds is 6. The normalized spacial score (nSPS) is 15.4. The van der Waals surface area contributed by atoms with E-state index >= 15 is 0 Å². The molecule has 28 heavy (non-hydrogen) atoms. The topological polar surface area (TPSA) is 95.7 Å². The minimum atomic E-state index is -0.616. The number of likely N-dealkylation sites (tertiary alicyclic amines) is 1. The molecule has 0 unspecified atom stereocenters. The lowest BCUT2D eigenvalue weighted by atomic mass is 10.1. The highest BCUT2D eigenvalue weighted by Gasteiger charge is 2.20. The molecule has 2 aromatic carbocycles. The molecule has 0 aliphatic carbocycles.